The van der Waals surface area contributed by atoms with Crippen LogP contribution in [0, 0.1) is 17.9 Å². The Hall–Kier alpha value is -2.09. The average Bonchev–Trinajstić information content (AvgIpc) is 2.53. The molecule has 0 radical (unpaired) electrons. The van der Waals surface area contributed by atoms with Gasteiger partial charge in [-0.3, -0.25) is 4.79 Å². The Morgan fingerprint density at radius 1 is 1.36 bits per heavy atom. The van der Waals surface area contributed by atoms with Crippen molar-refractivity contribution in [2.75, 3.05) is 12.4 Å². The number of hydrogen-bond donors (Lipinski definition) is 1. The third-order valence-electron chi connectivity index (χ3n) is 2.55. The predicted octanol–water partition coefficient (Wildman–Crippen LogP) is 4.46. The second kappa shape index (κ2) is 9.04. The Morgan fingerprint density at radius 2 is 2.09 bits per heavy atom. The van der Waals surface area contributed by atoms with Gasteiger partial charge in [-0.25, -0.2) is 4.98 Å². The maximum Gasteiger partial charge on any atom is 0.192 e. The molecule has 0 aliphatic carbocycles. The first kappa shape index (κ1) is 18.0. The highest BCUT2D eigenvalue weighted by molar-refractivity contribution is 6.30. The van der Waals surface area contributed by atoms with Gasteiger partial charge in [-0.2, -0.15) is 4.39 Å². The average molecular weight is 339 g/mol. The molecule has 1 aromatic carbocycles. The van der Waals surface area contributed by atoms with Gasteiger partial charge in [-0.1, -0.05) is 35.3 Å². The quantitative estimate of drug-likeness (QED) is 0.510. The van der Waals surface area contributed by atoms with E-state index in [0.717, 1.165) is 11.8 Å². The number of nitrogens with one attached hydrogen (secondary N) is 1. The molecule has 0 saturated carbocycles. The lowest BCUT2D eigenvalue weighted by Crippen LogP contribution is -1.99. The summed E-state index contributed by atoms with van der Waals surface area (Å²) >= 11 is 11.0. The number of pyridine rings is 1. The number of allylic oxidation sites excluding steroid dienone is 2. The van der Waals surface area contributed by atoms with Crippen LogP contribution in [0.2, 0.25) is 10.2 Å². The fourth-order valence-electron chi connectivity index (χ4n) is 1.50. The molecule has 2 rings (SSSR count). The minimum absolute atomic E-state index is 0.0868. The molecular weight excluding hydrogens is 326 g/mol. The molecule has 0 unspecified atom stereocenters. The lowest BCUT2D eigenvalue weighted by Gasteiger charge is -2.07. The van der Waals surface area contributed by atoms with Crippen LogP contribution in [0.4, 0.5) is 10.2 Å². The van der Waals surface area contributed by atoms with Gasteiger partial charge in [-0.15, -0.1) is 0 Å². The Balaban J connectivity index is 0.000000255. The summed E-state index contributed by atoms with van der Waals surface area (Å²) in [6.07, 6.45) is 2.53. The van der Waals surface area contributed by atoms with Gasteiger partial charge in [0.1, 0.15) is 17.3 Å². The van der Waals surface area contributed by atoms with E-state index in [9.17, 15) is 9.18 Å². The zero-order valence-electron chi connectivity index (χ0n) is 12.0. The maximum absolute atomic E-state index is 12.1. The molecule has 3 nitrogen and oxygen atoms in total. The highest BCUT2D eigenvalue weighted by Gasteiger charge is 2.07. The number of aromatic nitrogens is 1. The summed E-state index contributed by atoms with van der Waals surface area (Å²) in [5.41, 5.74) is 1.35. The van der Waals surface area contributed by atoms with E-state index < -0.39 is 5.82 Å². The highest BCUT2D eigenvalue weighted by Crippen LogP contribution is 2.22. The van der Waals surface area contributed by atoms with Crippen LogP contribution in [-0.4, -0.2) is 18.3 Å². The first-order chi connectivity index (χ1) is 10.5. The largest absolute Gasteiger partial charge is 0.373 e. The van der Waals surface area contributed by atoms with E-state index in [4.69, 9.17) is 23.2 Å². The number of carbonyl (C=O) groups excluding carboxylic acids is 1. The van der Waals surface area contributed by atoms with E-state index in [0.29, 0.717) is 16.5 Å². The summed E-state index contributed by atoms with van der Waals surface area (Å²) in [6, 6.07) is 10.9. The fourth-order valence-corrected chi connectivity index (χ4v) is 1.76. The summed E-state index contributed by atoms with van der Waals surface area (Å²) in [4.78, 5) is 14.8. The smallest absolute Gasteiger partial charge is 0.192 e. The van der Waals surface area contributed by atoms with Gasteiger partial charge in [0, 0.05) is 18.2 Å². The van der Waals surface area contributed by atoms with Crippen molar-refractivity contribution in [3.63, 3.8) is 0 Å². The number of nitrogens with zero attached hydrogens (tertiary/aromatic N) is 1. The number of hydrogen-bond acceptors (Lipinski definition) is 3. The van der Waals surface area contributed by atoms with Crippen LogP contribution in [0.5, 0.6) is 0 Å². The first-order valence-electron chi connectivity index (χ1n) is 6.23. The molecule has 2 aromatic rings. The van der Waals surface area contributed by atoms with E-state index >= 15 is 0 Å². The second-order valence-electron chi connectivity index (χ2n) is 3.91. The second-order valence-corrected chi connectivity index (χ2v) is 4.70. The lowest BCUT2D eigenvalue weighted by atomic mass is 10.1. The van der Waals surface area contributed by atoms with Gasteiger partial charge in [0.25, 0.3) is 0 Å². The van der Waals surface area contributed by atoms with E-state index in [2.05, 4.69) is 22.4 Å². The summed E-state index contributed by atoms with van der Waals surface area (Å²) in [7, 11) is 1.74. The molecule has 1 N–H and O–H groups in total. The van der Waals surface area contributed by atoms with E-state index in [1.54, 1.807) is 32.2 Å². The van der Waals surface area contributed by atoms with Crippen molar-refractivity contribution in [1.29, 1.82) is 0 Å². The Morgan fingerprint density at radius 3 is 2.55 bits per heavy atom. The van der Waals surface area contributed by atoms with Crippen LogP contribution in [0.25, 0.3) is 5.57 Å². The molecule has 1 heterocycles. The standard InChI is InChI=1S/C10H11ClN2O.C6H2ClF/c1-3-7(6-14)8-4-5-9(11)13-10(8)12-2;7-5-3-1-2-4-6(5)8/h3-6H,1-2H3,(H,12,13);1,3H/b7-3-;. The number of halogens is 3. The van der Waals surface area contributed by atoms with Crippen LogP contribution in [0.1, 0.15) is 12.5 Å². The Bertz CT molecular complexity index is 654. The third kappa shape index (κ3) is 5.03. The van der Waals surface area contributed by atoms with E-state index in [1.165, 1.54) is 12.1 Å². The minimum Gasteiger partial charge on any atom is -0.373 e. The molecule has 1 aromatic heterocycles. The molecule has 114 valence electrons. The van der Waals surface area contributed by atoms with Gasteiger partial charge in [0.05, 0.1) is 5.02 Å². The first-order valence-corrected chi connectivity index (χ1v) is 6.98. The van der Waals surface area contributed by atoms with Crippen LogP contribution < -0.4 is 5.32 Å². The molecule has 0 bridgehead atoms. The van der Waals surface area contributed by atoms with E-state index in [-0.39, 0.29) is 5.02 Å². The molecule has 6 heteroatoms. The number of carbonyl (C=O) groups is 1. The van der Waals surface area contributed by atoms with Crippen molar-refractivity contribution < 1.29 is 9.18 Å². The highest BCUT2D eigenvalue weighted by atomic mass is 35.5. The molecule has 0 aliphatic heterocycles. The third-order valence-corrected chi connectivity index (χ3v) is 3.05. The SMILES string of the molecule is C/C=C(/C=O)c1ccc(Cl)nc1NC.Fc1c#cccc1Cl. The van der Waals surface area contributed by atoms with Crippen molar-refractivity contribution in [3.05, 3.63) is 64.0 Å². The number of anilines is 1. The van der Waals surface area contributed by atoms with Gasteiger partial charge in [0.2, 0.25) is 0 Å². The van der Waals surface area contributed by atoms with Gasteiger partial charge in [-0.05, 0) is 37.3 Å². The van der Waals surface area contributed by atoms with Gasteiger partial charge < -0.3 is 5.32 Å². The molecular formula is C16H13Cl2FN2O. The number of aldehydes is 1. The van der Waals surface area contributed by atoms with Crippen molar-refractivity contribution >= 4 is 40.9 Å². The molecule has 0 fully saturated rings. The molecule has 0 amide bonds. The Labute approximate surface area is 138 Å². The fraction of sp³-hybridized carbons (Fsp3) is 0.125. The van der Waals surface area contributed by atoms with Crippen LogP contribution in [0.15, 0.2) is 30.3 Å². The van der Waals surface area contributed by atoms with Gasteiger partial charge >= 0.3 is 0 Å². The van der Waals surface area contributed by atoms with Crippen LogP contribution >= 0.6 is 23.2 Å². The summed E-state index contributed by atoms with van der Waals surface area (Å²) in [6.45, 7) is 1.80. The minimum atomic E-state index is -0.547. The van der Waals surface area contributed by atoms with Crippen molar-refractivity contribution in [3.8, 4) is 0 Å². The molecule has 0 saturated heterocycles. The monoisotopic (exact) mass is 338 g/mol. The maximum atomic E-state index is 12.1. The Kier molecular flexibility index (Phi) is 7.38. The molecule has 22 heavy (non-hydrogen) atoms. The predicted molar refractivity (Wildman–Crippen MR) is 87.6 cm³/mol. The molecule has 0 atom stereocenters. The van der Waals surface area contributed by atoms with Crippen molar-refractivity contribution in [2.24, 2.45) is 0 Å². The van der Waals surface area contributed by atoms with Crippen molar-refractivity contribution in [1.82, 2.24) is 4.98 Å². The van der Waals surface area contributed by atoms with E-state index in [1.807, 2.05) is 0 Å². The van der Waals surface area contributed by atoms with Crippen LogP contribution in [-0.2, 0) is 4.79 Å². The zero-order valence-corrected chi connectivity index (χ0v) is 13.5. The van der Waals surface area contributed by atoms with Crippen LogP contribution in [0.3, 0.4) is 0 Å². The summed E-state index contributed by atoms with van der Waals surface area (Å²) in [5.74, 6) is 0.0619. The summed E-state index contributed by atoms with van der Waals surface area (Å²) < 4.78 is 12.1. The lowest BCUT2D eigenvalue weighted by molar-refractivity contribution is -0.103. The van der Waals surface area contributed by atoms with Crippen molar-refractivity contribution in [2.45, 2.75) is 6.92 Å². The van der Waals surface area contributed by atoms with Gasteiger partial charge in [0.15, 0.2) is 5.82 Å². The number of rotatable bonds is 3. The molecule has 0 aliphatic rings. The zero-order chi connectivity index (χ0) is 16.5. The molecule has 0 spiro atoms. The topological polar surface area (TPSA) is 42.0 Å². The normalized spacial score (nSPS) is 10.1. The summed E-state index contributed by atoms with van der Waals surface area (Å²) in [5, 5.41) is 3.38.